The van der Waals surface area contributed by atoms with Gasteiger partial charge < -0.3 is 14.5 Å². The van der Waals surface area contributed by atoms with E-state index >= 15 is 0 Å². The predicted molar refractivity (Wildman–Crippen MR) is 150 cm³/mol. The molecule has 0 unspecified atom stereocenters. The molecule has 10 heteroatoms. The van der Waals surface area contributed by atoms with E-state index in [9.17, 15) is 9.18 Å². The van der Waals surface area contributed by atoms with Gasteiger partial charge in [0.15, 0.2) is 0 Å². The fourth-order valence-corrected chi connectivity index (χ4v) is 5.94. The number of halogens is 5. The maximum absolute atomic E-state index is 13.5. The largest absolute Gasteiger partial charge is 0.379 e. The highest BCUT2D eigenvalue weighted by Gasteiger charge is 2.32. The summed E-state index contributed by atoms with van der Waals surface area (Å²) in [5.74, 6) is -0.130. The Kier molecular flexibility index (Phi) is 12.4. The highest BCUT2D eigenvalue weighted by atomic mass is 79.9. The van der Waals surface area contributed by atoms with E-state index in [4.69, 9.17) is 4.74 Å². The van der Waals surface area contributed by atoms with Crippen LogP contribution in [-0.4, -0.2) is 86.2 Å². The lowest BCUT2D eigenvalue weighted by Gasteiger charge is -2.47. The van der Waals surface area contributed by atoms with Crippen molar-refractivity contribution in [2.45, 2.75) is 18.4 Å². The van der Waals surface area contributed by atoms with Crippen molar-refractivity contribution in [3.8, 4) is 0 Å². The summed E-state index contributed by atoms with van der Waals surface area (Å²) in [7, 11) is 1.84. The maximum Gasteiger partial charge on any atom is 0.253 e. The summed E-state index contributed by atoms with van der Waals surface area (Å²) in [6.45, 7) is 7.41. The van der Waals surface area contributed by atoms with Gasteiger partial charge in [-0.25, -0.2) is 4.39 Å². The SMILES string of the molecule is CN(C[C@@H](CCN1CC(N2CCOCC2)C1)c1ccc(F)cc1)C(=O)c1cc(Br)cc(Br)c1.Cl.Cl. The molecule has 0 radical (unpaired) electrons. The fourth-order valence-electron chi connectivity index (χ4n) is 4.65. The number of morpholine rings is 1. The fraction of sp³-hybridized carbons (Fsp3) is 0.480. The molecular weight excluding hydrogens is 624 g/mol. The number of rotatable bonds is 8. The molecule has 1 amide bonds. The summed E-state index contributed by atoms with van der Waals surface area (Å²) in [4.78, 5) is 19.9. The second kappa shape index (κ2) is 14.3. The molecule has 2 saturated heterocycles. The van der Waals surface area contributed by atoms with E-state index in [0.717, 1.165) is 66.9 Å². The monoisotopic (exact) mass is 653 g/mol. The first-order valence-corrected chi connectivity index (χ1v) is 13.0. The van der Waals surface area contributed by atoms with E-state index in [2.05, 4.69) is 41.7 Å². The Morgan fingerprint density at radius 1 is 1.09 bits per heavy atom. The van der Waals surface area contributed by atoms with Crippen LogP contribution in [0.15, 0.2) is 51.4 Å². The van der Waals surface area contributed by atoms with Gasteiger partial charge in [-0.1, -0.05) is 44.0 Å². The molecule has 0 spiro atoms. The molecule has 0 saturated carbocycles. The van der Waals surface area contributed by atoms with Crippen LogP contribution in [0.1, 0.15) is 28.3 Å². The van der Waals surface area contributed by atoms with Crippen LogP contribution < -0.4 is 0 Å². The highest BCUT2D eigenvalue weighted by molar-refractivity contribution is 9.11. The number of likely N-dealkylation sites (N-methyl/N-ethyl adjacent to an activating group) is 1. The molecule has 5 nitrogen and oxygen atoms in total. The Bertz CT molecular complexity index is 938. The van der Waals surface area contributed by atoms with Crippen molar-refractivity contribution in [1.29, 1.82) is 0 Å². The van der Waals surface area contributed by atoms with Gasteiger partial charge in [0.25, 0.3) is 5.91 Å². The second-order valence-corrected chi connectivity index (χ2v) is 10.8. The van der Waals surface area contributed by atoms with E-state index in [1.807, 2.05) is 37.4 Å². The Morgan fingerprint density at radius 3 is 2.29 bits per heavy atom. The van der Waals surface area contributed by atoms with Crippen molar-refractivity contribution in [2.75, 3.05) is 59.5 Å². The molecule has 0 N–H and O–H groups in total. The molecule has 1 atom stereocenters. The van der Waals surface area contributed by atoms with Gasteiger partial charge in [-0.05, 0) is 48.9 Å². The summed E-state index contributed by atoms with van der Waals surface area (Å²) in [5, 5.41) is 0. The summed E-state index contributed by atoms with van der Waals surface area (Å²) in [6, 6.07) is 12.9. The van der Waals surface area contributed by atoms with Crippen LogP contribution in [0, 0.1) is 5.82 Å². The normalized spacial score (nSPS) is 17.6. The second-order valence-electron chi connectivity index (χ2n) is 8.94. The first-order valence-electron chi connectivity index (χ1n) is 11.4. The van der Waals surface area contributed by atoms with Crippen LogP contribution in [-0.2, 0) is 4.74 Å². The van der Waals surface area contributed by atoms with E-state index in [1.165, 1.54) is 12.1 Å². The minimum absolute atomic E-state index is 0. The molecule has 0 bridgehead atoms. The summed E-state index contributed by atoms with van der Waals surface area (Å²) >= 11 is 6.92. The van der Waals surface area contributed by atoms with Crippen LogP contribution in [0.2, 0.25) is 0 Å². The number of hydrogen-bond acceptors (Lipinski definition) is 4. The first-order chi connectivity index (χ1) is 15.9. The van der Waals surface area contributed by atoms with Crippen molar-refractivity contribution in [2.24, 2.45) is 0 Å². The molecule has 2 aromatic rings. The molecule has 35 heavy (non-hydrogen) atoms. The van der Waals surface area contributed by atoms with E-state index in [-0.39, 0.29) is 42.5 Å². The lowest BCUT2D eigenvalue weighted by molar-refractivity contribution is -0.0326. The van der Waals surface area contributed by atoms with Crippen LogP contribution in [0.4, 0.5) is 4.39 Å². The van der Waals surface area contributed by atoms with Gasteiger partial charge in [-0.15, -0.1) is 24.8 Å². The molecule has 2 heterocycles. The lowest BCUT2D eigenvalue weighted by Crippen LogP contribution is -2.61. The average Bonchev–Trinajstić information content (AvgIpc) is 2.77. The van der Waals surface area contributed by atoms with E-state index in [1.54, 1.807) is 4.90 Å². The topological polar surface area (TPSA) is 36.0 Å². The molecule has 0 aromatic heterocycles. The minimum Gasteiger partial charge on any atom is -0.379 e. The molecule has 2 aliphatic heterocycles. The van der Waals surface area contributed by atoms with Crippen molar-refractivity contribution < 1.29 is 13.9 Å². The summed E-state index contributed by atoms with van der Waals surface area (Å²) in [5.41, 5.74) is 1.70. The quantitative estimate of drug-likeness (QED) is 0.379. The molecule has 2 fully saturated rings. The number of ether oxygens (including phenoxy) is 1. The third-order valence-electron chi connectivity index (χ3n) is 6.59. The van der Waals surface area contributed by atoms with Crippen molar-refractivity contribution >= 4 is 62.6 Å². The number of carbonyl (C=O) groups excluding carboxylic acids is 1. The Morgan fingerprint density at radius 2 is 1.69 bits per heavy atom. The van der Waals surface area contributed by atoms with Crippen LogP contribution in [0.25, 0.3) is 0 Å². The summed E-state index contributed by atoms with van der Waals surface area (Å²) in [6.07, 6.45) is 0.918. The molecule has 2 aliphatic rings. The average molecular weight is 656 g/mol. The zero-order chi connectivity index (χ0) is 23.4. The minimum atomic E-state index is -0.239. The third-order valence-corrected chi connectivity index (χ3v) is 7.50. The third kappa shape index (κ3) is 8.38. The Hall–Kier alpha value is -0.740. The number of benzene rings is 2. The number of likely N-dealkylation sites (tertiary alicyclic amines) is 1. The molecule has 2 aromatic carbocycles. The standard InChI is InChI=1S/C25H30Br2FN3O2.2ClH/c1-29(25(32)20-12-21(26)14-22(27)13-20)15-19(18-2-4-23(28)5-3-18)6-7-30-16-24(17-30)31-8-10-33-11-9-31;;/h2-5,12-14,19,24H,6-11,15-17H2,1H3;2*1H/t19-;;/m1../s1. The van der Waals surface area contributed by atoms with Gasteiger partial charge in [-0.2, -0.15) is 0 Å². The number of carbonyl (C=O) groups is 1. The van der Waals surface area contributed by atoms with Gasteiger partial charge in [-0.3, -0.25) is 9.69 Å². The van der Waals surface area contributed by atoms with Crippen molar-refractivity contribution in [1.82, 2.24) is 14.7 Å². The van der Waals surface area contributed by atoms with Crippen molar-refractivity contribution in [3.05, 3.63) is 68.4 Å². The lowest BCUT2D eigenvalue weighted by atomic mass is 9.93. The molecule has 194 valence electrons. The van der Waals surface area contributed by atoms with E-state index in [0.29, 0.717) is 18.2 Å². The van der Waals surface area contributed by atoms with Crippen LogP contribution >= 0.6 is 56.7 Å². The zero-order valence-electron chi connectivity index (χ0n) is 19.7. The smallest absolute Gasteiger partial charge is 0.253 e. The molecule has 4 rings (SSSR count). The highest BCUT2D eigenvalue weighted by Crippen LogP contribution is 2.26. The number of amides is 1. The Labute approximate surface area is 236 Å². The van der Waals surface area contributed by atoms with Crippen molar-refractivity contribution in [3.63, 3.8) is 0 Å². The zero-order valence-corrected chi connectivity index (χ0v) is 24.5. The number of hydrogen-bond donors (Lipinski definition) is 0. The summed E-state index contributed by atoms with van der Waals surface area (Å²) < 4.78 is 20.7. The molecular formula is C25H32Br2Cl2FN3O2. The van der Waals surface area contributed by atoms with Gasteiger partial charge in [0.2, 0.25) is 0 Å². The van der Waals surface area contributed by atoms with Gasteiger partial charge in [0.05, 0.1) is 13.2 Å². The first kappa shape index (κ1) is 30.5. The Balaban J connectivity index is 0.00000216. The van der Waals surface area contributed by atoms with Gasteiger partial charge >= 0.3 is 0 Å². The number of nitrogens with zero attached hydrogens (tertiary/aromatic N) is 3. The van der Waals surface area contributed by atoms with Crippen LogP contribution in [0.5, 0.6) is 0 Å². The van der Waals surface area contributed by atoms with E-state index < -0.39 is 0 Å². The van der Waals surface area contributed by atoms with Gasteiger partial charge in [0.1, 0.15) is 5.82 Å². The predicted octanol–water partition coefficient (Wildman–Crippen LogP) is 5.46. The van der Waals surface area contributed by atoms with Crippen LogP contribution in [0.3, 0.4) is 0 Å². The van der Waals surface area contributed by atoms with Gasteiger partial charge in [0, 0.05) is 66.2 Å². The molecule has 0 aliphatic carbocycles. The maximum atomic E-state index is 13.5.